The number of amides is 1. The highest BCUT2D eigenvalue weighted by atomic mass is 16.6. The third kappa shape index (κ3) is 2.16. The monoisotopic (exact) mass is 331 g/mol. The molecular formula is C16H21N5O3. The number of hydrogen-bond donors (Lipinski definition) is 0. The minimum absolute atomic E-state index is 0.133. The van der Waals surface area contributed by atoms with Crippen LogP contribution in [0.15, 0.2) is 9.15 Å². The third-order valence-electron chi connectivity index (χ3n) is 5.40. The number of nitrogens with zero attached hydrogens (tertiary/aromatic N) is 5. The van der Waals surface area contributed by atoms with E-state index in [0.717, 1.165) is 25.1 Å². The highest BCUT2D eigenvalue weighted by Gasteiger charge is 2.55. The summed E-state index contributed by atoms with van der Waals surface area (Å²) in [5, 5.41) is 11.6. The van der Waals surface area contributed by atoms with Gasteiger partial charge < -0.3 is 9.42 Å². The van der Waals surface area contributed by atoms with Gasteiger partial charge in [0.2, 0.25) is 5.89 Å². The summed E-state index contributed by atoms with van der Waals surface area (Å²) < 4.78 is 10.3. The Morgan fingerprint density at radius 3 is 2.83 bits per heavy atom. The summed E-state index contributed by atoms with van der Waals surface area (Å²) in [6.45, 7) is 7.09. The first kappa shape index (κ1) is 15.3. The van der Waals surface area contributed by atoms with Crippen LogP contribution >= 0.6 is 0 Å². The Morgan fingerprint density at radius 1 is 1.33 bits per heavy atom. The fraction of sp³-hybridized carbons (Fsp3) is 0.688. The zero-order valence-corrected chi connectivity index (χ0v) is 14.2. The van der Waals surface area contributed by atoms with Gasteiger partial charge in [0.1, 0.15) is 5.69 Å². The Balaban J connectivity index is 1.63. The summed E-state index contributed by atoms with van der Waals surface area (Å²) >= 11 is 0. The van der Waals surface area contributed by atoms with Crippen LogP contribution in [-0.2, 0) is 5.41 Å². The second kappa shape index (κ2) is 5.39. The molecule has 4 rings (SSSR count). The maximum atomic E-state index is 12.7. The molecule has 3 heterocycles. The first-order valence-corrected chi connectivity index (χ1v) is 8.44. The number of hydrogen-bond acceptors (Lipinski definition) is 7. The lowest BCUT2D eigenvalue weighted by molar-refractivity contribution is 0.0763. The maximum Gasteiger partial charge on any atom is 0.278 e. The summed E-state index contributed by atoms with van der Waals surface area (Å²) in [5.74, 6) is 1.85. The van der Waals surface area contributed by atoms with Crippen LogP contribution in [0, 0.1) is 12.8 Å². The Hall–Kier alpha value is -2.25. The quantitative estimate of drug-likeness (QED) is 0.849. The van der Waals surface area contributed by atoms with Crippen LogP contribution in [0.25, 0.3) is 0 Å². The zero-order chi connectivity index (χ0) is 16.9. The highest BCUT2D eigenvalue weighted by molar-refractivity contribution is 5.93. The fourth-order valence-electron chi connectivity index (χ4n) is 4.04. The lowest BCUT2D eigenvalue weighted by Crippen LogP contribution is -2.35. The molecule has 0 bridgehead atoms. The minimum atomic E-state index is -0.221. The zero-order valence-electron chi connectivity index (χ0n) is 14.2. The van der Waals surface area contributed by atoms with Crippen LogP contribution < -0.4 is 0 Å². The fourth-order valence-corrected chi connectivity index (χ4v) is 4.04. The van der Waals surface area contributed by atoms with Crippen LogP contribution in [0.3, 0.4) is 0 Å². The van der Waals surface area contributed by atoms with Crippen molar-refractivity contribution in [3.63, 3.8) is 0 Å². The van der Waals surface area contributed by atoms with Crippen LogP contribution in [0.2, 0.25) is 0 Å². The van der Waals surface area contributed by atoms with Crippen molar-refractivity contribution in [2.75, 3.05) is 13.1 Å². The van der Waals surface area contributed by atoms with Gasteiger partial charge in [-0.25, -0.2) is 4.63 Å². The van der Waals surface area contributed by atoms with Crippen LogP contribution in [0.4, 0.5) is 0 Å². The molecule has 8 heteroatoms. The van der Waals surface area contributed by atoms with E-state index in [4.69, 9.17) is 4.52 Å². The largest absolute Gasteiger partial charge is 0.339 e. The second-order valence-electron chi connectivity index (χ2n) is 7.24. The molecule has 1 saturated carbocycles. The summed E-state index contributed by atoms with van der Waals surface area (Å²) in [4.78, 5) is 19.2. The Kier molecular flexibility index (Phi) is 3.43. The normalized spacial score (nSPS) is 26.3. The van der Waals surface area contributed by atoms with E-state index in [0.29, 0.717) is 36.3 Å². The summed E-state index contributed by atoms with van der Waals surface area (Å²) in [6.07, 6.45) is 3.16. The van der Waals surface area contributed by atoms with Gasteiger partial charge in [0.25, 0.3) is 5.91 Å². The average molecular weight is 331 g/mol. The number of aryl methyl sites for hydroxylation is 1. The van der Waals surface area contributed by atoms with E-state index in [9.17, 15) is 4.79 Å². The van der Waals surface area contributed by atoms with E-state index in [1.165, 1.54) is 0 Å². The van der Waals surface area contributed by atoms with Crippen molar-refractivity contribution in [2.45, 2.75) is 51.4 Å². The predicted molar refractivity (Wildman–Crippen MR) is 82.3 cm³/mol. The van der Waals surface area contributed by atoms with E-state index in [-0.39, 0.29) is 17.2 Å². The summed E-state index contributed by atoms with van der Waals surface area (Å²) in [5.41, 5.74) is 0.588. The smallest absolute Gasteiger partial charge is 0.278 e. The van der Waals surface area contributed by atoms with Gasteiger partial charge in [-0.05, 0) is 30.8 Å². The maximum absolute atomic E-state index is 12.7. The van der Waals surface area contributed by atoms with Crippen molar-refractivity contribution in [3.8, 4) is 0 Å². The molecule has 8 nitrogen and oxygen atoms in total. The summed E-state index contributed by atoms with van der Waals surface area (Å²) in [7, 11) is 0. The number of carbonyl (C=O) groups is 1. The number of fused-ring (bicyclic) bond motifs is 1. The molecule has 0 N–H and O–H groups in total. The van der Waals surface area contributed by atoms with E-state index >= 15 is 0 Å². The standard InChI is InChI=1S/C16H21N5O3/c1-9(2)13-17-15(23-20-13)16-6-4-5-11(16)7-21(8-16)14(22)12-10(3)18-24-19-12/h9,11H,4-8H2,1-3H3/t11-,16-/m0/s1. The Bertz CT molecular complexity index is 767. The van der Waals surface area contributed by atoms with Crippen molar-refractivity contribution in [1.29, 1.82) is 0 Å². The van der Waals surface area contributed by atoms with Gasteiger partial charge in [0.15, 0.2) is 11.5 Å². The first-order chi connectivity index (χ1) is 11.5. The van der Waals surface area contributed by atoms with Crippen molar-refractivity contribution >= 4 is 5.91 Å². The van der Waals surface area contributed by atoms with Gasteiger partial charge in [-0.1, -0.05) is 30.6 Å². The molecule has 0 radical (unpaired) electrons. The van der Waals surface area contributed by atoms with E-state index in [1.807, 2.05) is 18.7 Å². The molecule has 1 aliphatic carbocycles. The molecule has 2 aromatic heterocycles. The number of rotatable bonds is 3. The van der Waals surface area contributed by atoms with Crippen molar-refractivity contribution in [1.82, 2.24) is 25.4 Å². The Morgan fingerprint density at radius 2 is 2.17 bits per heavy atom. The van der Waals surface area contributed by atoms with E-state index in [1.54, 1.807) is 6.92 Å². The molecule has 0 aromatic carbocycles. The summed E-state index contributed by atoms with van der Waals surface area (Å²) in [6, 6.07) is 0. The third-order valence-corrected chi connectivity index (χ3v) is 5.40. The van der Waals surface area contributed by atoms with Gasteiger partial charge in [0, 0.05) is 19.0 Å². The first-order valence-electron chi connectivity index (χ1n) is 8.44. The molecule has 1 saturated heterocycles. The molecule has 0 unspecified atom stereocenters. The van der Waals surface area contributed by atoms with Crippen LogP contribution in [0.1, 0.15) is 66.9 Å². The van der Waals surface area contributed by atoms with Gasteiger partial charge in [-0.2, -0.15) is 4.98 Å². The SMILES string of the molecule is Cc1nonc1C(=O)N1C[C@@H]2CCC[C@]2(c2nc(C(C)C)no2)C1. The molecule has 128 valence electrons. The van der Waals surface area contributed by atoms with Crippen LogP contribution in [0.5, 0.6) is 0 Å². The van der Waals surface area contributed by atoms with E-state index in [2.05, 4.69) is 25.1 Å². The second-order valence-corrected chi connectivity index (χ2v) is 7.24. The molecule has 1 aliphatic heterocycles. The van der Waals surface area contributed by atoms with Crippen LogP contribution in [-0.4, -0.2) is 44.4 Å². The van der Waals surface area contributed by atoms with Gasteiger partial charge in [-0.15, -0.1) is 0 Å². The molecule has 2 fully saturated rings. The average Bonchev–Trinajstić information content (AvgIpc) is 3.28. The molecular weight excluding hydrogens is 310 g/mol. The van der Waals surface area contributed by atoms with Crippen molar-refractivity contribution in [2.24, 2.45) is 5.92 Å². The predicted octanol–water partition coefficient (Wildman–Crippen LogP) is 2.08. The number of aromatic nitrogens is 4. The molecule has 2 aliphatic rings. The number of likely N-dealkylation sites (tertiary alicyclic amines) is 1. The van der Waals surface area contributed by atoms with Gasteiger partial charge in [0.05, 0.1) is 5.41 Å². The molecule has 24 heavy (non-hydrogen) atoms. The molecule has 2 aromatic rings. The molecule has 2 atom stereocenters. The van der Waals surface area contributed by atoms with Crippen molar-refractivity contribution < 1.29 is 13.9 Å². The topological polar surface area (TPSA) is 98.2 Å². The lowest BCUT2D eigenvalue weighted by Gasteiger charge is -2.23. The molecule has 1 amide bonds. The molecule has 0 spiro atoms. The Labute approximate surface area is 139 Å². The van der Waals surface area contributed by atoms with E-state index < -0.39 is 0 Å². The lowest BCUT2D eigenvalue weighted by atomic mass is 9.80. The van der Waals surface area contributed by atoms with Gasteiger partial charge in [-0.3, -0.25) is 4.79 Å². The van der Waals surface area contributed by atoms with Crippen molar-refractivity contribution in [3.05, 3.63) is 23.1 Å². The van der Waals surface area contributed by atoms with Gasteiger partial charge >= 0.3 is 0 Å². The highest BCUT2D eigenvalue weighted by Crippen LogP contribution is 2.50. The number of carbonyl (C=O) groups excluding carboxylic acids is 1. The minimum Gasteiger partial charge on any atom is -0.339 e.